The number of hydrogen-bond donors (Lipinski definition) is 0. The van der Waals surface area contributed by atoms with Crippen LogP contribution in [0.1, 0.15) is 63.0 Å². The number of rotatable bonds is 16. The number of carbonyl (C=O) groups excluding carboxylic acids is 2. The molecule has 0 N–H and O–H groups in total. The summed E-state index contributed by atoms with van der Waals surface area (Å²) in [4.78, 5) is 31.9. The van der Waals surface area contributed by atoms with E-state index in [2.05, 4.69) is 46.1 Å². The maximum atomic E-state index is 13.7. The molecular formula is C31H48N2O5S. The number of aryl methyl sites for hydroxylation is 1. The van der Waals surface area contributed by atoms with Crippen LogP contribution in [0.4, 0.5) is 0 Å². The van der Waals surface area contributed by atoms with Crippen molar-refractivity contribution in [3.05, 3.63) is 45.6 Å². The predicted molar refractivity (Wildman–Crippen MR) is 159 cm³/mol. The van der Waals surface area contributed by atoms with Crippen LogP contribution in [-0.4, -0.2) is 69.2 Å². The highest BCUT2D eigenvalue weighted by Gasteiger charge is 2.25. The monoisotopic (exact) mass is 560 g/mol. The fourth-order valence-electron chi connectivity index (χ4n) is 4.83. The highest BCUT2D eigenvalue weighted by molar-refractivity contribution is 7.10. The first kappa shape index (κ1) is 32.6. The first-order valence-electron chi connectivity index (χ1n) is 13.8. The molecule has 8 heteroatoms. The van der Waals surface area contributed by atoms with E-state index < -0.39 is 0 Å². The van der Waals surface area contributed by atoms with Crippen molar-refractivity contribution >= 4 is 23.2 Å². The number of hydrogen-bond acceptors (Lipinski definition) is 6. The summed E-state index contributed by atoms with van der Waals surface area (Å²) in [5.41, 5.74) is 2.38. The Morgan fingerprint density at radius 2 is 1.69 bits per heavy atom. The third-order valence-electron chi connectivity index (χ3n) is 6.71. The second-order valence-corrected chi connectivity index (χ2v) is 12.5. The lowest BCUT2D eigenvalue weighted by molar-refractivity contribution is -0.141. The van der Waals surface area contributed by atoms with E-state index in [0.717, 1.165) is 16.9 Å². The molecule has 1 atom stereocenters. The minimum absolute atomic E-state index is 0.0309. The average molecular weight is 561 g/mol. The summed E-state index contributed by atoms with van der Waals surface area (Å²) < 4.78 is 16.1. The molecule has 0 aliphatic heterocycles. The molecule has 7 nitrogen and oxygen atoms in total. The molecule has 2 rings (SSSR count). The molecule has 0 fully saturated rings. The van der Waals surface area contributed by atoms with Crippen molar-refractivity contribution in [2.45, 2.75) is 66.8 Å². The zero-order valence-corrected chi connectivity index (χ0v) is 26.0. The summed E-state index contributed by atoms with van der Waals surface area (Å²) in [7, 11) is 4.89. The van der Waals surface area contributed by atoms with E-state index in [4.69, 9.17) is 14.2 Å². The molecule has 2 amide bonds. The molecule has 1 aromatic carbocycles. The van der Waals surface area contributed by atoms with Gasteiger partial charge in [0.2, 0.25) is 11.8 Å². The van der Waals surface area contributed by atoms with E-state index in [9.17, 15) is 9.59 Å². The van der Waals surface area contributed by atoms with Crippen molar-refractivity contribution in [1.82, 2.24) is 9.80 Å². The van der Waals surface area contributed by atoms with Gasteiger partial charge < -0.3 is 24.0 Å². The summed E-state index contributed by atoms with van der Waals surface area (Å²) in [6.45, 7) is 12.9. The Morgan fingerprint density at radius 3 is 2.28 bits per heavy atom. The van der Waals surface area contributed by atoms with Crippen molar-refractivity contribution in [3.8, 4) is 11.5 Å². The third-order valence-corrected chi connectivity index (χ3v) is 7.72. The molecule has 2 aromatic rings. The van der Waals surface area contributed by atoms with Crippen LogP contribution in [0.5, 0.6) is 11.5 Å². The van der Waals surface area contributed by atoms with Crippen LogP contribution < -0.4 is 9.47 Å². The summed E-state index contributed by atoms with van der Waals surface area (Å²) in [6, 6.07) is 7.92. The Hall–Kier alpha value is -2.58. The zero-order chi connectivity index (χ0) is 29.0. The number of carbonyl (C=O) groups is 2. The molecule has 0 radical (unpaired) electrons. The fraction of sp³-hybridized carbons (Fsp3) is 0.613. The van der Waals surface area contributed by atoms with E-state index in [1.54, 1.807) is 37.6 Å². The smallest absolute Gasteiger partial charge is 0.242 e. The van der Waals surface area contributed by atoms with Gasteiger partial charge in [-0.05, 0) is 72.2 Å². The van der Waals surface area contributed by atoms with Crippen molar-refractivity contribution in [2.24, 2.45) is 11.3 Å². The number of ether oxygens (including phenoxy) is 3. The molecule has 39 heavy (non-hydrogen) atoms. The quantitative estimate of drug-likeness (QED) is 0.237. The van der Waals surface area contributed by atoms with Gasteiger partial charge in [-0.3, -0.25) is 9.59 Å². The Labute approximate surface area is 239 Å². The van der Waals surface area contributed by atoms with Crippen LogP contribution in [0.3, 0.4) is 0 Å². The minimum atomic E-state index is -0.0440. The van der Waals surface area contributed by atoms with Crippen LogP contribution in [0.25, 0.3) is 0 Å². The van der Waals surface area contributed by atoms with Gasteiger partial charge >= 0.3 is 0 Å². The molecule has 0 aliphatic carbocycles. The molecule has 218 valence electrons. The van der Waals surface area contributed by atoms with Crippen molar-refractivity contribution in [2.75, 3.05) is 47.6 Å². The summed E-state index contributed by atoms with van der Waals surface area (Å²) in [5.74, 6) is 1.57. The minimum Gasteiger partial charge on any atom is -0.493 e. The largest absolute Gasteiger partial charge is 0.493 e. The lowest BCUT2D eigenvalue weighted by Gasteiger charge is -2.29. The first-order valence-corrected chi connectivity index (χ1v) is 14.6. The maximum absolute atomic E-state index is 13.7. The van der Waals surface area contributed by atoms with E-state index in [1.165, 1.54) is 5.56 Å². The van der Waals surface area contributed by atoms with E-state index in [-0.39, 0.29) is 29.7 Å². The highest BCUT2D eigenvalue weighted by Crippen LogP contribution is 2.28. The zero-order valence-electron chi connectivity index (χ0n) is 25.2. The van der Waals surface area contributed by atoms with Gasteiger partial charge in [0.05, 0.1) is 27.3 Å². The normalized spacial score (nSPS) is 12.2. The van der Waals surface area contributed by atoms with Gasteiger partial charge in [-0.1, -0.05) is 33.8 Å². The van der Waals surface area contributed by atoms with Gasteiger partial charge in [0, 0.05) is 38.1 Å². The molecule has 1 unspecified atom stereocenters. The average Bonchev–Trinajstić information content (AvgIpc) is 3.28. The van der Waals surface area contributed by atoms with Crippen molar-refractivity contribution in [1.29, 1.82) is 0 Å². The number of amides is 2. The van der Waals surface area contributed by atoms with Crippen LogP contribution in [0.2, 0.25) is 0 Å². The molecule has 1 heterocycles. The van der Waals surface area contributed by atoms with Crippen molar-refractivity contribution < 1.29 is 23.8 Å². The van der Waals surface area contributed by atoms with E-state index >= 15 is 0 Å². The van der Waals surface area contributed by atoms with Crippen LogP contribution in [0, 0.1) is 18.3 Å². The van der Waals surface area contributed by atoms with Gasteiger partial charge in [-0.25, -0.2) is 0 Å². The van der Waals surface area contributed by atoms with Crippen LogP contribution in [0.15, 0.2) is 29.6 Å². The summed E-state index contributed by atoms with van der Waals surface area (Å²) >= 11 is 1.66. The molecule has 0 saturated heterocycles. The Balaban J connectivity index is 2.19. The predicted octanol–water partition coefficient (Wildman–Crippen LogP) is 5.97. The maximum Gasteiger partial charge on any atom is 0.242 e. The van der Waals surface area contributed by atoms with Crippen LogP contribution >= 0.6 is 11.3 Å². The number of thiophene rings is 1. The standard InChI is InChI=1S/C31H48N2O5S/c1-23(20-31(3,4)5)18-29(34)32(14-9-16-36-6)22-30(35)33(21-28-24(2)13-17-39-28)15-12-25-10-11-26(37-7)27(19-25)38-8/h10-11,13,17,19,23H,9,12,14-16,18,20-22H2,1-8H3. The van der Waals surface area contributed by atoms with Gasteiger partial charge in [0.25, 0.3) is 0 Å². The SMILES string of the molecule is COCCCN(CC(=O)N(CCc1ccc(OC)c(OC)c1)Cc1sccc1C)C(=O)CC(C)CC(C)(C)C. The molecular weight excluding hydrogens is 512 g/mol. The Bertz CT molecular complexity index is 1050. The van der Waals surface area contributed by atoms with Gasteiger partial charge in [-0.2, -0.15) is 0 Å². The topological polar surface area (TPSA) is 68.3 Å². The number of methoxy groups -OCH3 is 3. The molecule has 0 spiro atoms. The Kier molecular flexibility index (Phi) is 13.3. The molecule has 0 aliphatic rings. The summed E-state index contributed by atoms with van der Waals surface area (Å²) in [6.07, 6.45) is 2.75. The lowest BCUT2D eigenvalue weighted by atomic mass is 9.84. The fourth-order valence-corrected chi connectivity index (χ4v) is 5.75. The van der Waals surface area contributed by atoms with E-state index in [0.29, 0.717) is 57.0 Å². The second-order valence-electron chi connectivity index (χ2n) is 11.5. The molecule has 0 bridgehead atoms. The number of nitrogens with zero attached hydrogens (tertiary/aromatic N) is 2. The lowest BCUT2D eigenvalue weighted by Crippen LogP contribution is -2.44. The Morgan fingerprint density at radius 1 is 0.974 bits per heavy atom. The van der Waals surface area contributed by atoms with Gasteiger partial charge in [-0.15, -0.1) is 11.3 Å². The summed E-state index contributed by atoms with van der Waals surface area (Å²) in [5, 5.41) is 2.05. The van der Waals surface area contributed by atoms with E-state index in [1.807, 2.05) is 23.1 Å². The van der Waals surface area contributed by atoms with Crippen molar-refractivity contribution in [3.63, 3.8) is 0 Å². The van der Waals surface area contributed by atoms with Gasteiger partial charge in [0.15, 0.2) is 11.5 Å². The highest BCUT2D eigenvalue weighted by atomic mass is 32.1. The van der Waals surface area contributed by atoms with Gasteiger partial charge in [0.1, 0.15) is 0 Å². The first-order chi connectivity index (χ1) is 18.5. The second kappa shape index (κ2) is 15.9. The molecule has 0 saturated carbocycles. The molecule has 1 aromatic heterocycles. The third kappa shape index (κ3) is 11.2. The van der Waals surface area contributed by atoms with Crippen LogP contribution in [-0.2, 0) is 27.3 Å². The number of benzene rings is 1.